The summed E-state index contributed by atoms with van der Waals surface area (Å²) in [4.78, 5) is 39.9. The Labute approximate surface area is 197 Å². The second kappa shape index (κ2) is 7.42. The summed E-state index contributed by atoms with van der Waals surface area (Å²) in [6.45, 7) is 0.0554. The van der Waals surface area contributed by atoms with Crippen LogP contribution < -0.4 is 15.4 Å². The number of hydrogen-bond donors (Lipinski definition) is 3. The monoisotopic (exact) mass is 475 g/mol. The molecule has 176 valence electrons. The number of carbonyl (C=O) groups is 3. The Kier molecular flexibility index (Phi) is 4.43. The second-order valence-corrected chi connectivity index (χ2v) is 8.47. The third kappa shape index (κ3) is 3.15. The van der Waals surface area contributed by atoms with E-state index >= 15 is 0 Å². The van der Waals surface area contributed by atoms with E-state index in [9.17, 15) is 18.8 Å². The molecule has 2 aliphatic rings. The summed E-state index contributed by atoms with van der Waals surface area (Å²) < 4.78 is 25.9. The Bertz CT molecular complexity index is 1530. The first-order valence-corrected chi connectivity index (χ1v) is 10.7. The molecule has 1 fully saturated rings. The number of imide groups is 1. The molecule has 11 heteroatoms. The molecule has 2 aromatic carbocycles. The van der Waals surface area contributed by atoms with Crippen LogP contribution in [0.5, 0.6) is 5.75 Å². The number of benzene rings is 2. The van der Waals surface area contributed by atoms with Gasteiger partial charge in [0.25, 0.3) is 11.8 Å². The highest BCUT2D eigenvalue weighted by Crippen LogP contribution is 2.36. The highest BCUT2D eigenvalue weighted by molar-refractivity contribution is 6.08. The van der Waals surface area contributed by atoms with Crippen LogP contribution in [0.4, 0.5) is 9.18 Å². The lowest BCUT2D eigenvalue weighted by molar-refractivity contribution is -0.125. The number of carbonyl (C=O) groups excluding carboxylic acids is 3. The van der Waals surface area contributed by atoms with Gasteiger partial charge in [0.1, 0.15) is 22.9 Å². The van der Waals surface area contributed by atoms with E-state index in [1.807, 2.05) is 0 Å². The molecular weight excluding hydrogens is 457 g/mol. The van der Waals surface area contributed by atoms with Crippen LogP contribution in [0.25, 0.3) is 22.1 Å². The van der Waals surface area contributed by atoms with E-state index in [1.54, 1.807) is 36.5 Å². The number of methoxy groups -OCH3 is 1. The molecule has 0 saturated carbocycles. The average Bonchev–Trinajstić information content (AvgIpc) is 3.61. The highest BCUT2D eigenvalue weighted by Gasteiger charge is 2.53. The van der Waals surface area contributed by atoms with Crippen molar-refractivity contribution in [3.63, 3.8) is 0 Å². The first-order valence-electron chi connectivity index (χ1n) is 10.7. The second-order valence-electron chi connectivity index (χ2n) is 8.47. The number of nitrogens with one attached hydrogen (secondary N) is 3. The van der Waals surface area contributed by atoms with Crippen LogP contribution in [0.15, 0.2) is 53.2 Å². The SMILES string of the molecule is COc1ccc2c(c1)C(=O)N(CC1(c3cc4cc(-c5cn[nH]c5)c(F)cc4o3)NC(=O)NC1=O)C2. The molecule has 0 radical (unpaired) electrons. The fraction of sp³-hybridized carbons (Fsp3) is 0.167. The van der Waals surface area contributed by atoms with Gasteiger partial charge < -0.3 is 19.4 Å². The number of amides is 4. The number of ether oxygens (including phenoxy) is 1. The van der Waals surface area contributed by atoms with Gasteiger partial charge in [-0.1, -0.05) is 6.07 Å². The number of nitrogens with zero attached hydrogens (tertiary/aromatic N) is 2. The molecule has 1 atom stereocenters. The van der Waals surface area contributed by atoms with Gasteiger partial charge in [-0.15, -0.1) is 0 Å². The van der Waals surface area contributed by atoms with Gasteiger partial charge in [-0.25, -0.2) is 9.18 Å². The van der Waals surface area contributed by atoms with E-state index in [0.717, 1.165) is 5.56 Å². The Morgan fingerprint density at radius 3 is 2.74 bits per heavy atom. The van der Waals surface area contributed by atoms with E-state index < -0.39 is 23.3 Å². The first-order chi connectivity index (χ1) is 16.9. The quantitative estimate of drug-likeness (QED) is 0.381. The van der Waals surface area contributed by atoms with Crippen molar-refractivity contribution in [1.29, 1.82) is 0 Å². The normalized spacial score (nSPS) is 19.3. The van der Waals surface area contributed by atoms with Crippen molar-refractivity contribution in [3.05, 3.63) is 71.5 Å². The molecular formula is C24H18FN5O5. The maximum absolute atomic E-state index is 14.8. The molecule has 0 bridgehead atoms. The number of aromatic amines is 1. The minimum absolute atomic E-state index is 0.0842. The van der Waals surface area contributed by atoms with Gasteiger partial charge in [0.05, 0.1) is 19.9 Å². The van der Waals surface area contributed by atoms with Gasteiger partial charge in [0.2, 0.25) is 0 Å². The standard InChI is InChI=1S/C24H18FN5O5/c1-34-15-3-2-12-10-30(21(31)17(12)6-15)11-24(22(32)28-23(33)29-24)20-5-13-4-16(14-8-26-27-9-14)18(25)7-19(13)35-20/h2-9H,10-11H2,1H3,(H,26,27)(H2,28,29,32,33). The molecule has 3 N–H and O–H groups in total. The van der Waals surface area contributed by atoms with Crippen molar-refractivity contribution < 1.29 is 27.9 Å². The van der Waals surface area contributed by atoms with Crippen LogP contribution in [0.1, 0.15) is 21.7 Å². The number of fused-ring (bicyclic) bond motifs is 2. The molecule has 0 spiro atoms. The topological polar surface area (TPSA) is 130 Å². The third-order valence-corrected chi connectivity index (χ3v) is 6.40. The summed E-state index contributed by atoms with van der Waals surface area (Å²) in [5, 5.41) is 11.9. The number of H-pyrrole nitrogens is 1. The molecule has 4 heterocycles. The van der Waals surface area contributed by atoms with Crippen molar-refractivity contribution in [3.8, 4) is 16.9 Å². The van der Waals surface area contributed by atoms with Crippen LogP contribution in [0.2, 0.25) is 0 Å². The van der Waals surface area contributed by atoms with Crippen molar-refractivity contribution in [1.82, 2.24) is 25.7 Å². The Balaban J connectivity index is 1.41. The van der Waals surface area contributed by atoms with Gasteiger partial charge in [0, 0.05) is 40.9 Å². The first kappa shape index (κ1) is 20.9. The predicted molar refractivity (Wildman–Crippen MR) is 120 cm³/mol. The Morgan fingerprint density at radius 1 is 1.17 bits per heavy atom. The zero-order valence-corrected chi connectivity index (χ0v) is 18.3. The maximum Gasteiger partial charge on any atom is 0.322 e. The lowest BCUT2D eigenvalue weighted by Crippen LogP contribution is -2.52. The Morgan fingerprint density at radius 2 is 2.03 bits per heavy atom. The van der Waals surface area contributed by atoms with Crippen molar-refractivity contribution in [2.45, 2.75) is 12.1 Å². The summed E-state index contributed by atoms with van der Waals surface area (Å²) in [5.41, 5.74) is 0.576. The molecule has 4 amide bonds. The molecule has 1 unspecified atom stereocenters. The smallest absolute Gasteiger partial charge is 0.322 e. The highest BCUT2D eigenvalue weighted by atomic mass is 19.1. The van der Waals surface area contributed by atoms with Gasteiger partial charge >= 0.3 is 6.03 Å². The zero-order chi connectivity index (χ0) is 24.3. The van der Waals surface area contributed by atoms with Crippen LogP contribution in [0.3, 0.4) is 0 Å². The van der Waals surface area contributed by atoms with Crippen molar-refractivity contribution >= 4 is 28.8 Å². The molecule has 2 aliphatic heterocycles. The summed E-state index contributed by atoms with van der Waals surface area (Å²) in [6, 6.07) is 8.82. The molecule has 10 nitrogen and oxygen atoms in total. The van der Waals surface area contributed by atoms with E-state index in [4.69, 9.17) is 9.15 Å². The molecule has 1 saturated heterocycles. The zero-order valence-electron chi connectivity index (χ0n) is 18.3. The number of furan rings is 1. The minimum Gasteiger partial charge on any atom is -0.497 e. The van der Waals surface area contributed by atoms with Gasteiger partial charge in [-0.05, 0) is 29.8 Å². The minimum atomic E-state index is -1.69. The number of aromatic nitrogens is 2. The molecule has 2 aromatic heterocycles. The van der Waals surface area contributed by atoms with Crippen LogP contribution in [-0.2, 0) is 16.9 Å². The van der Waals surface area contributed by atoms with Gasteiger partial charge in [0.15, 0.2) is 5.54 Å². The predicted octanol–water partition coefficient (Wildman–Crippen LogP) is 2.66. The van der Waals surface area contributed by atoms with Gasteiger partial charge in [-0.3, -0.25) is 20.0 Å². The summed E-state index contributed by atoms with van der Waals surface area (Å²) in [7, 11) is 1.51. The van der Waals surface area contributed by atoms with Crippen LogP contribution in [0, 0.1) is 5.82 Å². The lowest BCUT2D eigenvalue weighted by atomic mass is 9.95. The van der Waals surface area contributed by atoms with E-state index in [2.05, 4.69) is 20.8 Å². The van der Waals surface area contributed by atoms with Gasteiger partial charge in [-0.2, -0.15) is 5.10 Å². The summed E-state index contributed by atoms with van der Waals surface area (Å²) in [5.74, 6) is -0.892. The van der Waals surface area contributed by atoms with Crippen molar-refractivity contribution in [2.75, 3.05) is 13.7 Å². The van der Waals surface area contributed by atoms with Crippen LogP contribution >= 0.6 is 0 Å². The largest absolute Gasteiger partial charge is 0.497 e. The van der Waals surface area contributed by atoms with E-state index in [1.165, 1.54) is 24.3 Å². The van der Waals surface area contributed by atoms with E-state index in [-0.39, 0.29) is 30.3 Å². The number of rotatable bonds is 5. The molecule has 35 heavy (non-hydrogen) atoms. The molecule has 4 aromatic rings. The summed E-state index contributed by atoms with van der Waals surface area (Å²) in [6.07, 6.45) is 3.05. The maximum atomic E-state index is 14.8. The summed E-state index contributed by atoms with van der Waals surface area (Å²) >= 11 is 0. The number of urea groups is 1. The fourth-order valence-electron chi connectivity index (χ4n) is 4.63. The molecule has 0 aliphatic carbocycles. The van der Waals surface area contributed by atoms with Crippen molar-refractivity contribution in [2.24, 2.45) is 0 Å². The average molecular weight is 475 g/mol. The third-order valence-electron chi connectivity index (χ3n) is 6.40. The molecule has 6 rings (SSSR count). The van der Waals surface area contributed by atoms with E-state index in [0.29, 0.717) is 27.8 Å². The fourth-order valence-corrected chi connectivity index (χ4v) is 4.63. The lowest BCUT2D eigenvalue weighted by Gasteiger charge is -2.29. The number of halogens is 1. The number of hydrogen-bond acceptors (Lipinski definition) is 6. The Hall–Kier alpha value is -4.67. The van der Waals surface area contributed by atoms with Crippen LogP contribution in [-0.4, -0.2) is 46.6 Å².